The van der Waals surface area contributed by atoms with Crippen LogP contribution in [0.4, 0.5) is 5.82 Å². The molecule has 0 fully saturated rings. The maximum atomic E-state index is 12.3. The number of nitrogens with zero attached hydrogens (tertiary/aromatic N) is 2. The van der Waals surface area contributed by atoms with E-state index in [1.807, 2.05) is 30.3 Å². The molecule has 0 aliphatic carbocycles. The Bertz CT molecular complexity index is 1060. The molecule has 0 radical (unpaired) electrons. The molecule has 3 aromatic rings. The second-order valence-corrected chi connectivity index (χ2v) is 7.04. The number of hydrogen-bond acceptors (Lipinski definition) is 6. The molecule has 0 saturated heterocycles. The van der Waals surface area contributed by atoms with Gasteiger partial charge in [0.1, 0.15) is 12.9 Å². The zero-order chi connectivity index (χ0) is 22.8. The SMILES string of the molecule is NC(=O)c1ncn(OCCCOCc2ccccc2)c1NC(=S)NC(=O)c1ccccc1. The van der Waals surface area contributed by atoms with E-state index in [1.165, 1.54) is 11.1 Å². The molecule has 0 aliphatic rings. The van der Waals surface area contributed by atoms with Gasteiger partial charge >= 0.3 is 0 Å². The van der Waals surface area contributed by atoms with Crippen LogP contribution in [0, 0.1) is 0 Å². The number of benzene rings is 2. The van der Waals surface area contributed by atoms with Crippen molar-refractivity contribution in [3.63, 3.8) is 0 Å². The molecule has 0 spiro atoms. The lowest BCUT2D eigenvalue weighted by molar-refractivity contribution is 0.0680. The number of hydrogen-bond donors (Lipinski definition) is 3. The fourth-order valence-electron chi connectivity index (χ4n) is 2.72. The minimum atomic E-state index is -0.766. The highest BCUT2D eigenvalue weighted by molar-refractivity contribution is 7.80. The normalized spacial score (nSPS) is 10.4. The van der Waals surface area contributed by atoms with E-state index < -0.39 is 11.8 Å². The largest absolute Gasteiger partial charge is 0.411 e. The lowest BCUT2D eigenvalue weighted by atomic mass is 10.2. The van der Waals surface area contributed by atoms with Crippen LogP contribution in [0.3, 0.4) is 0 Å². The molecule has 0 unspecified atom stereocenters. The van der Waals surface area contributed by atoms with Crippen molar-refractivity contribution in [2.75, 3.05) is 18.5 Å². The Morgan fingerprint density at radius 2 is 1.72 bits per heavy atom. The standard InChI is InChI=1S/C22H23N5O4S/c23-19(28)18-20(25-22(32)26-21(29)17-10-5-2-6-11-17)27(15-24-18)31-13-7-12-30-14-16-8-3-1-4-9-16/h1-6,8-11,15H,7,12-14H2,(H2,23,28)(H2,25,26,29,32). The van der Waals surface area contributed by atoms with Gasteiger partial charge in [0.25, 0.3) is 11.8 Å². The third-order valence-corrected chi connectivity index (χ3v) is 4.44. The monoisotopic (exact) mass is 453 g/mol. The summed E-state index contributed by atoms with van der Waals surface area (Å²) in [7, 11) is 0. The van der Waals surface area contributed by atoms with Crippen molar-refractivity contribution in [1.29, 1.82) is 0 Å². The molecule has 4 N–H and O–H groups in total. The van der Waals surface area contributed by atoms with Crippen LogP contribution < -0.4 is 21.2 Å². The quantitative estimate of drug-likeness (QED) is 0.318. The van der Waals surface area contributed by atoms with Crippen LogP contribution in [0.2, 0.25) is 0 Å². The van der Waals surface area contributed by atoms with Crippen LogP contribution in [0.1, 0.15) is 32.8 Å². The second kappa shape index (κ2) is 11.6. The van der Waals surface area contributed by atoms with Crippen molar-refractivity contribution >= 4 is 35.0 Å². The Labute approximate surface area is 190 Å². The summed E-state index contributed by atoms with van der Waals surface area (Å²) in [6.45, 7) is 1.29. The van der Waals surface area contributed by atoms with Crippen LogP contribution in [0.15, 0.2) is 67.0 Å². The predicted octanol–water partition coefficient (Wildman–Crippen LogP) is 2.14. The molecule has 10 heteroatoms. The minimum Gasteiger partial charge on any atom is -0.411 e. The van der Waals surface area contributed by atoms with Crippen LogP contribution in [0.5, 0.6) is 0 Å². The number of rotatable bonds is 10. The Balaban J connectivity index is 1.51. The molecule has 3 rings (SSSR count). The second-order valence-electron chi connectivity index (χ2n) is 6.63. The van der Waals surface area contributed by atoms with E-state index in [4.69, 9.17) is 27.5 Å². The summed E-state index contributed by atoms with van der Waals surface area (Å²) in [5, 5.41) is 5.27. The van der Waals surface area contributed by atoms with Crippen LogP contribution in [0.25, 0.3) is 0 Å². The predicted molar refractivity (Wildman–Crippen MR) is 123 cm³/mol. The topological polar surface area (TPSA) is 120 Å². The zero-order valence-electron chi connectivity index (χ0n) is 17.2. The molecule has 2 aromatic carbocycles. The maximum absolute atomic E-state index is 12.3. The highest BCUT2D eigenvalue weighted by Gasteiger charge is 2.19. The smallest absolute Gasteiger partial charge is 0.271 e. The lowest BCUT2D eigenvalue weighted by Crippen LogP contribution is -2.35. The van der Waals surface area contributed by atoms with E-state index >= 15 is 0 Å². The van der Waals surface area contributed by atoms with Gasteiger partial charge in [-0.15, -0.1) is 0 Å². The van der Waals surface area contributed by atoms with E-state index in [0.717, 1.165) is 5.56 Å². The van der Waals surface area contributed by atoms with Gasteiger partial charge < -0.3 is 20.6 Å². The van der Waals surface area contributed by atoms with E-state index in [2.05, 4.69) is 15.6 Å². The molecule has 0 aliphatic heterocycles. The summed E-state index contributed by atoms with van der Waals surface area (Å²) >= 11 is 5.19. The van der Waals surface area contributed by atoms with Gasteiger partial charge in [-0.3, -0.25) is 14.9 Å². The minimum absolute atomic E-state index is 0.0297. The Hall–Kier alpha value is -3.76. The Kier molecular flexibility index (Phi) is 8.29. The first-order chi connectivity index (χ1) is 15.5. The van der Waals surface area contributed by atoms with Crippen molar-refractivity contribution in [3.05, 3.63) is 83.8 Å². The van der Waals surface area contributed by atoms with Gasteiger partial charge in [0.15, 0.2) is 16.6 Å². The average molecular weight is 454 g/mol. The van der Waals surface area contributed by atoms with Gasteiger partial charge in [-0.05, 0) is 29.9 Å². The fraction of sp³-hybridized carbons (Fsp3) is 0.182. The molecule has 9 nitrogen and oxygen atoms in total. The van der Waals surface area contributed by atoms with Gasteiger partial charge in [-0.25, -0.2) is 4.98 Å². The molecule has 0 atom stereocenters. The zero-order valence-corrected chi connectivity index (χ0v) is 18.0. The van der Waals surface area contributed by atoms with Gasteiger partial charge in [0, 0.05) is 12.0 Å². The molecule has 0 bridgehead atoms. The number of amides is 2. The van der Waals surface area contributed by atoms with E-state index in [0.29, 0.717) is 31.8 Å². The number of carbonyl (C=O) groups excluding carboxylic acids is 2. The third-order valence-electron chi connectivity index (χ3n) is 4.24. The summed E-state index contributed by atoms with van der Waals surface area (Å²) in [4.78, 5) is 33.6. The molecular weight excluding hydrogens is 430 g/mol. The maximum Gasteiger partial charge on any atom is 0.271 e. The number of nitrogens with one attached hydrogen (secondary N) is 2. The Morgan fingerprint density at radius 3 is 2.41 bits per heavy atom. The number of primary amides is 1. The summed E-state index contributed by atoms with van der Waals surface area (Å²) in [6.07, 6.45) is 1.90. The summed E-state index contributed by atoms with van der Waals surface area (Å²) in [5.41, 5.74) is 6.84. The van der Waals surface area contributed by atoms with Gasteiger partial charge in [-0.2, -0.15) is 4.73 Å². The molecule has 1 heterocycles. The summed E-state index contributed by atoms with van der Waals surface area (Å²) in [6, 6.07) is 18.4. The first-order valence-electron chi connectivity index (χ1n) is 9.84. The number of thiocarbonyl (C=S) groups is 1. The number of carbonyl (C=O) groups is 2. The average Bonchev–Trinajstić information content (AvgIpc) is 3.19. The summed E-state index contributed by atoms with van der Waals surface area (Å²) in [5.74, 6) is -1.04. The highest BCUT2D eigenvalue weighted by Crippen LogP contribution is 2.13. The number of anilines is 1. The number of ether oxygens (including phenoxy) is 1. The fourth-order valence-corrected chi connectivity index (χ4v) is 2.91. The van der Waals surface area contributed by atoms with Crippen LogP contribution in [-0.2, 0) is 11.3 Å². The van der Waals surface area contributed by atoms with Crippen LogP contribution >= 0.6 is 12.2 Å². The first-order valence-corrected chi connectivity index (χ1v) is 10.2. The number of imidazole rings is 1. The van der Waals surface area contributed by atoms with Gasteiger partial charge in [0.05, 0.1) is 13.2 Å². The Morgan fingerprint density at radius 1 is 1.03 bits per heavy atom. The molecule has 32 heavy (non-hydrogen) atoms. The van der Waals surface area contributed by atoms with Crippen molar-refractivity contribution in [1.82, 2.24) is 15.0 Å². The molecular formula is C22H23N5O4S. The van der Waals surface area contributed by atoms with Crippen molar-refractivity contribution in [3.8, 4) is 0 Å². The number of aromatic nitrogens is 2. The van der Waals surface area contributed by atoms with Crippen molar-refractivity contribution in [2.45, 2.75) is 13.0 Å². The molecule has 166 valence electrons. The van der Waals surface area contributed by atoms with Crippen LogP contribution in [-0.4, -0.2) is 39.9 Å². The molecule has 1 aromatic heterocycles. The first kappa shape index (κ1) is 22.9. The van der Waals surface area contributed by atoms with E-state index in [-0.39, 0.29) is 16.6 Å². The lowest BCUT2D eigenvalue weighted by Gasteiger charge is -2.14. The van der Waals surface area contributed by atoms with Crippen molar-refractivity contribution in [2.24, 2.45) is 5.73 Å². The van der Waals surface area contributed by atoms with Gasteiger partial charge in [-0.1, -0.05) is 48.5 Å². The van der Waals surface area contributed by atoms with Crippen molar-refractivity contribution < 1.29 is 19.2 Å². The van der Waals surface area contributed by atoms with E-state index in [9.17, 15) is 9.59 Å². The van der Waals surface area contributed by atoms with E-state index in [1.54, 1.807) is 30.3 Å². The molecule has 2 amide bonds. The third kappa shape index (κ3) is 6.62. The highest BCUT2D eigenvalue weighted by atomic mass is 32.1. The number of nitrogens with two attached hydrogens (primary N) is 1. The molecule has 0 saturated carbocycles. The van der Waals surface area contributed by atoms with Gasteiger partial charge in [0.2, 0.25) is 0 Å². The summed E-state index contributed by atoms with van der Waals surface area (Å²) < 4.78 is 6.87.